The van der Waals surface area contributed by atoms with E-state index < -0.39 is 5.97 Å². The molecule has 0 aliphatic carbocycles. The first-order chi connectivity index (χ1) is 7.09. The van der Waals surface area contributed by atoms with E-state index in [4.69, 9.17) is 16.3 Å². The first-order valence-electron chi connectivity index (χ1n) is 4.73. The summed E-state index contributed by atoms with van der Waals surface area (Å²) in [5.41, 5.74) is 0.805. The van der Waals surface area contributed by atoms with Crippen LogP contribution in [0.4, 0.5) is 0 Å². The fourth-order valence-electron chi connectivity index (χ4n) is 1.05. The van der Waals surface area contributed by atoms with Crippen molar-refractivity contribution in [3.05, 3.63) is 42.0 Å². The van der Waals surface area contributed by atoms with Gasteiger partial charge in [0.15, 0.2) is 0 Å². The van der Waals surface area contributed by atoms with Gasteiger partial charge in [-0.15, -0.1) is 0 Å². The Bertz CT molecular complexity index is 355. The average molecular weight is 225 g/mol. The van der Waals surface area contributed by atoms with Crippen molar-refractivity contribution in [3.63, 3.8) is 0 Å². The van der Waals surface area contributed by atoms with E-state index in [1.807, 2.05) is 30.3 Å². The molecule has 0 aromatic heterocycles. The molecule has 0 radical (unpaired) electrons. The van der Waals surface area contributed by atoms with E-state index in [1.54, 1.807) is 13.8 Å². The van der Waals surface area contributed by atoms with E-state index in [9.17, 15) is 4.79 Å². The lowest BCUT2D eigenvalue weighted by Gasteiger charge is -2.05. The van der Waals surface area contributed by atoms with E-state index in [1.165, 1.54) is 6.08 Å². The largest absolute Gasteiger partial charge is 0.460 e. The molecule has 2 nitrogen and oxygen atoms in total. The van der Waals surface area contributed by atoms with Gasteiger partial charge in [-0.1, -0.05) is 41.9 Å². The quantitative estimate of drug-likeness (QED) is 0.582. The van der Waals surface area contributed by atoms with E-state index in [0.29, 0.717) is 5.03 Å². The molecule has 0 amide bonds. The van der Waals surface area contributed by atoms with Crippen LogP contribution in [0.25, 0.3) is 5.03 Å². The van der Waals surface area contributed by atoms with E-state index in [-0.39, 0.29) is 6.10 Å². The van der Waals surface area contributed by atoms with E-state index >= 15 is 0 Å². The number of carbonyl (C=O) groups excluding carboxylic acids is 1. The van der Waals surface area contributed by atoms with Gasteiger partial charge in [-0.2, -0.15) is 0 Å². The molecule has 3 heteroatoms. The molecule has 1 rings (SSSR count). The van der Waals surface area contributed by atoms with E-state index in [2.05, 4.69) is 0 Å². The number of hydrogen-bond donors (Lipinski definition) is 0. The van der Waals surface area contributed by atoms with Gasteiger partial charge < -0.3 is 4.74 Å². The summed E-state index contributed by atoms with van der Waals surface area (Å²) in [5, 5.41) is 0.390. The predicted octanol–water partition coefficient (Wildman–Crippen LogP) is 3.22. The van der Waals surface area contributed by atoms with Crippen LogP contribution in [-0.4, -0.2) is 12.1 Å². The molecule has 80 valence electrons. The van der Waals surface area contributed by atoms with Gasteiger partial charge in [0.2, 0.25) is 0 Å². The first-order valence-corrected chi connectivity index (χ1v) is 5.10. The second-order valence-corrected chi connectivity index (χ2v) is 3.75. The number of carbonyl (C=O) groups is 1. The van der Waals surface area contributed by atoms with Crippen molar-refractivity contribution in [1.29, 1.82) is 0 Å². The zero-order valence-corrected chi connectivity index (χ0v) is 9.49. The van der Waals surface area contributed by atoms with Crippen molar-refractivity contribution in [1.82, 2.24) is 0 Å². The lowest BCUT2D eigenvalue weighted by Crippen LogP contribution is -2.08. The van der Waals surface area contributed by atoms with Crippen LogP contribution >= 0.6 is 11.6 Å². The summed E-state index contributed by atoms with van der Waals surface area (Å²) >= 11 is 5.94. The number of rotatable bonds is 3. The van der Waals surface area contributed by atoms with E-state index in [0.717, 1.165) is 5.56 Å². The molecule has 0 saturated carbocycles. The molecule has 0 spiro atoms. The lowest BCUT2D eigenvalue weighted by atomic mass is 10.2. The summed E-state index contributed by atoms with van der Waals surface area (Å²) in [6.07, 6.45) is 1.16. The van der Waals surface area contributed by atoms with Crippen molar-refractivity contribution in [2.45, 2.75) is 20.0 Å². The van der Waals surface area contributed by atoms with Crippen LogP contribution in [0.3, 0.4) is 0 Å². The summed E-state index contributed by atoms with van der Waals surface area (Å²) in [7, 11) is 0. The molecule has 0 aliphatic heterocycles. The Morgan fingerprint density at radius 2 is 1.93 bits per heavy atom. The molecule has 0 atom stereocenters. The van der Waals surface area contributed by atoms with Gasteiger partial charge in [-0.05, 0) is 19.4 Å². The fraction of sp³-hybridized carbons (Fsp3) is 0.250. The highest BCUT2D eigenvalue weighted by atomic mass is 35.5. The molecule has 0 unspecified atom stereocenters. The monoisotopic (exact) mass is 224 g/mol. The van der Waals surface area contributed by atoms with Gasteiger partial charge in [0.05, 0.1) is 11.1 Å². The Morgan fingerprint density at radius 1 is 1.33 bits per heavy atom. The van der Waals surface area contributed by atoms with Gasteiger partial charge in [0.25, 0.3) is 0 Å². The highest BCUT2D eigenvalue weighted by molar-refractivity contribution is 6.50. The van der Waals surface area contributed by atoms with Crippen LogP contribution in [0.1, 0.15) is 19.4 Å². The molecule has 0 saturated heterocycles. The van der Waals surface area contributed by atoms with Gasteiger partial charge in [-0.3, -0.25) is 0 Å². The minimum Gasteiger partial charge on any atom is -0.460 e. The number of ether oxygens (including phenoxy) is 1. The maximum atomic E-state index is 11.3. The van der Waals surface area contributed by atoms with Crippen LogP contribution in [0.2, 0.25) is 0 Å². The standard InChI is InChI=1S/C12H13ClO2/c1-9(2)15-12(14)8-11(13)10-6-4-3-5-7-10/h3-9H,1-2H3/b11-8-. The zero-order valence-electron chi connectivity index (χ0n) is 8.74. The third-order valence-electron chi connectivity index (χ3n) is 1.65. The second-order valence-electron chi connectivity index (χ2n) is 3.34. The van der Waals surface area contributed by atoms with Crippen LogP contribution < -0.4 is 0 Å². The van der Waals surface area contributed by atoms with Gasteiger partial charge in [0.1, 0.15) is 0 Å². The lowest BCUT2D eigenvalue weighted by molar-refractivity contribution is -0.141. The average Bonchev–Trinajstić information content (AvgIpc) is 2.17. The van der Waals surface area contributed by atoms with Gasteiger partial charge in [-0.25, -0.2) is 4.79 Å². The third kappa shape index (κ3) is 4.17. The summed E-state index contributed by atoms with van der Waals surface area (Å²) in [6, 6.07) is 9.28. The Morgan fingerprint density at radius 3 is 2.47 bits per heavy atom. The fourth-order valence-corrected chi connectivity index (χ4v) is 1.27. The van der Waals surface area contributed by atoms with Gasteiger partial charge in [0, 0.05) is 6.08 Å². The number of hydrogen-bond acceptors (Lipinski definition) is 2. The predicted molar refractivity (Wildman–Crippen MR) is 61.5 cm³/mol. The number of esters is 1. The number of benzene rings is 1. The molecule has 0 fully saturated rings. The molecule has 1 aromatic rings. The van der Waals surface area contributed by atoms with Crippen LogP contribution in [0.5, 0.6) is 0 Å². The van der Waals surface area contributed by atoms with Crippen molar-refractivity contribution in [2.75, 3.05) is 0 Å². The topological polar surface area (TPSA) is 26.3 Å². The minimum absolute atomic E-state index is 0.131. The molecular formula is C12H13ClO2. The van der Waals surface area contributed by atoms with Crippen molar-refractivity contribution >= 4 is 22.6 Å². The summed E-state index contributed by atoms with van der Waals surface area (Å²) in [4.78, 5) is 11.3. The SMILES string of the molecule is CC(C)OC(=O)/C=C(\Cl)c1ccccc1. The third-order valence-corrected chi connectivity index (χ3v) is 1.97. The maximum absolute atomic E-state index is 11.3. The highest BCUT2D eigenvalue weighted by Crippen LogP contribution is 2.18. The Labute approximate surface area is 94.5 Å². The van der Waals surface area contributed by atoms with Crippen LogP contribution in [0.15, 0.2) is 36.4 Å². The highest BCUT2D eigenvalue weighted by Gasteiger charge is 2.04. The maximum Gasteiger partial charge on any atom is 0.332 e. The molecular weight excluding hydrogens is 212 g/mol. The van der Waals surface area contributed by atoms with Crippen LogP contribution in [-0.2, 0) is 9.53 Å². The van der Waals surface area contributed by atoms with Crippen molar-refractivity contribution in [2.24, 2.45) is 0 Å². The van der Waals surface area contributed by atoms with Crippen molar-refractivity contribution < 1.29 is 9.53 Å². The molecule has 1 aromatic carbocycles. The summed E-state index contributed by atoms with van der Waals surface area (Å²) < 4.78 is 4.94. The zero-order chi connectivity index (χ0) is 11.3. The number of halogens is 1. The molecule has 0 heterocycles. The Balaban J connectivity index is 2.72. The molecule has 0 aliphatic rings. The molecule has 0 bridgehead atoms. The van der Waals surface area contributed by atoms with Gasteiger partial charge >= 0.3 is 5.97 Å². The molecule has 0 N–H and O–H groups in total. The first kappa shape index (κ1) is 11.8. The van der Waals surface area contributed by atoms with Crippen LogP contribution in [0, 0.1) is 0 Å². The van der Waals surface area contributed by atoms with Crippen molar-refractivity contribution in [3.8, 4) is 0 Å². The minimum atomic E-state index is -0.418. The normalized spacial score (nSPS) is 11.6. The molecule has 15 heavy (non-hydrogen) atoms. The summed E-state index contributed by atoms with van der Waals surface area (Å²) in [5.74, 6) is -0.418. The summed E-state index contributed by atoms with van der Waals surface area (Å²) in [6.45, 7) is 3.59. The Hall–Kier alpha value is -1.28. The smallest absolute Gasteiger partial charge is 0.332 e. The second kappa shape index (κ2) is 5.56. The Kier molecular flexibility index (Phi) is 4.37.